The predicted octanol–water partition coefficient (Wildman–Crippen LogP) is 6.28. The zero-order chi connectivity index (χ0) is 16.3. The van der Waals surface area contributed by atoms with Crippen LogP contribution >= 0.6 is 0 Å². The Kier molecular flexibility index (Phi) is 7.72. The minimum atomic E-state index is 0.345. The molecule has 0 spiro atoms. The van der Waals surface area contributed by atoms with Crippen molar-refractivity contribution in [1.82, 2.24) is 0 Å². The predicted molar refractivity (Wildman–Crippen MR) is 99.1 cm³/mol. The largest absolute Gasteiger partial charge is 0.508 e. The van der Waals surface area contributed by atoms with Crippen molar-refractivity contribution in [3.05, 3.63) is 65.2 Å². The van der Waals surface area contributed by atoms with Crippen molar-refractivity contribution in [3.63, 3.8) is 0 Å². The average Bonchev–Trinajstić information content (AvgIpc) is 2.56. The summed E-state index contributed by atoms with van der Waals surface area (Å²) in [5, 5.41) is 9.52. The quantitative estimate of drug-likeness (QED) is 0.512. The number of rotatable bonds is 10. The zero-order valence-corrected chi connectivity index (χ0v) is 14.4. The fraction of sp³-hybridized carbons (Fsp3) is 0.455. The van der Waals surface area contributed by atoms with E-state index in [1.807, 2.05) is 12.1 Å². The zero-order valence-electron chi connectivity index (χ0n) is 14.4. The molecule has 0 bridgehead atoms. The van der Waals surface area contributed by atoms with Crippen LogP contribution in [0.3, 0.4) is 0 Å². The van der Waals surface area contributed by atoms with Gasteiger partial charge in [0.15, 0.2) is 0 Å². The first-order valence-corrected chi connectivity index (χ1v) is 9.13. The van der Waals surface area contributed by atoms with Crippen molar-refractivity contribution in [2.75, 3.05) is 0 Å². The van der Waals surface area contributed by atoms with Crippen LogP contribution in [0.4, 0.5) is 0 Å². The van der Waals surface area contributed by atoms with E-state index in [0.717, 1.165) is 12.0 Å². The van der Waals surface area contributed by atoms with E-state index in [0.29, 0.717) is 5.75 Å². The Labute approximate surface area is 141 Å². The molecule has 0 saturated carbocycles. The Morgan fingerprint density at radius 2 is 1.35 bits per heavy atom. The third kappa shape index (κ3) is 6.90. The third-order valence-corrected chi connectivity index (χ3v) is 4.41. The first-order chi connectivity index (χ1) is 11.3. The molecule has 1 heteroatoms. The summed E-state index contributed by atoms with van der Waals surface area (Å²) in [6, 6.07) is 16.5. The van der Waals surface area contributed by atoms with Gasteiger partial charge in [-0.15, -0.1) is 0 Å². The summed E-state index contributed by atoms with van der Waals surface area (Å²) in [6.07, 6.45) is 11.6. The Hall–Kier alpha value is -1.76. The lowest BCUT2D eigenvalue weighted by atomic mass is 10.0. The Morgan fingerprint density at radius 3 is 2.04 bits per heavy atom. The maximum Gasteiger partial charge on any atom is 0.115 e. The van der Waals surface area contributed by atoms with Gasteiger partial charge in [-0.25, -0.2) is 0 Å². The molecule has 0 amide bonds. The van der Waals surface area contributed by atoms with Crippen LogP contribution in [0.25, 0.3) is 0 Å². The highest BCUT2D eigenvalue weighted by Crippen LogP contribution is 2.16. The molecule has 2 rings (SSSR count). The van der Waals surface area contributed by atoms with Gasteiger partial charge in [0.05, 0.1) is 0 Å². The van der Waals surface area contributed by atoms with Gasteiger partial charge in [-0.3, -0.25) is 0 Å². The highest BCUT2D eigenvalue weighted by atomic mass is 16.3. The Bertz CT molecular complexity index is 556. The van der Waals surface area contributed by atoms with E-state index >= 15 is 0 Å². The molecule has 2 aromatic rings. The smallest absolute Gasteiger partial charge is 0.115 e. The van der Waals surface area contributed by atoms with Crippen molar-refractivity contribution in [3.8, 4) is 5.75 Å². The lowest BCUT2D eigenvalue weighted by Gasteiger charge is -2.06. The van der Waals surface area contributed by atoms with E-state index < -0.39 is 0 Å². The first-order valence-electron chi connectivity index (χ1n) is 9.13. The van der Waals surface area contributed by atoms with Crippen LogP contribution in [0.5, 0.6) is 5.75 Å². The lowest BCUT2D eigenvalue weighted by molar-refractivity contribution is 0.474. The standard InChI is InChI=1S/C22H30O/c1-2-3-4-5-6-7-8-10-19-13-15-20(16-14-19)17-21-11-9-12-22(23)18-21/h9,11-16,18,23H,2-8,10,17H2,1H3. The van der Waals surface area contributed by atoms with E-state index in [2.05, 4.69) is 37.3 Å². The molecule has 124 valence electrons. The van der Waals surface area contributed by atoms with Crippen molar-refractivity contribution in [2.45, 2.75) is 64.7 Å². The Morgan fingerprint density at radius 1 is 0.696 bits per heavy atom. The summed E-state index contributed by atoms with van der Waals surface area (Å²) < 4.78 is 0. The summed E-state index contributed by atoms with van der Waals surface area (Å²) in [4.78, 5) is 0. The number of hydrogen-bond donors (Lipinski definition) is 1. The average molecular weight is 310 g/mol. The lowest BCUT2D eigenvalue weighted by Crippen LogP contribution is -1.90. The van der Waals surface area contributed by atoms with Crippen molar-refractivity contribution < 1.29 is 5.11 Å². The number of phenolic OH excluding ortho intramolecular Hbond substituents is 1. The minimum Gasteiger partial charge on any atom is -0.508 e. The van der Waals surface area contributed by atoms with Crippen molar-refractivity contribution in [1.29, 1.82) is 0 Å². The summed E-state index contributed by atoms with van der Waals surface area (Å²) >= 11 is 0. The van der Waals surface area contributed by atoms with E-state index in [-0.39, 0.29) is 0 Å². The van der Waals surface area contributed by atoms with Crippen molar-refractivity contribution >= 4 is 0 Å². The normalized spacial score (nSPS) is 10.8. The number of aromatic hydroxyl groups is 1. The van der Waals surface area contributed by atoms with Gasteiger partial charge < -0.3 is 5.11 Å². The van der Waals surface area contributed by atoms with E-state index in [4.69, 9.17) is 0 Å². The van der Waals surface area contributed by atoms with Gasteiger partial charge in [0.1, 0.15) is 5.75 Å². The van der Waals surface area contributed by atoms with Gasteiger partial charge in [0.2, 0.25) is 0 Å². The molecule has 0 aliphatic heterocycles. The minimum absolute atomic E-state index is 0.345. The molecule has 0 atom stereocenters. The highest BCUT2D eigenvalue weighted by Gasteiger charge is 1.99. The van der Waals surface area contributed by atoms with E-state index in [9.17, 15) is 5.11 Å². The van der Waals surface area contributed by atoms with Gasteiger partial charge in [0.25, 0.3) is 0 Å². The molecule has 23 heavy (non-hydrogen) atoms. The second-order valence-electron chi connectivity index (χ2n) is 6.53. The molecule has 0 fully saturated rings. The number of phenols is 1. The summed E-state index contributed by atoms with van der Waals surface area (Å²) in [5.41, 5.74) is 3.90. The summed E-state index contributed by atoms with van der Waals surface area (Å²) in [6.45, 7) is 2.27. The number of unbranched alkanes of at least 4 members (excludes halogenated alkanes) is 6. The van der Waals surface area contributed by atoms with Crippen LogP contribution in [0.2, 0.25) is 0 Å². The van der Waals surface area contributed by atoms with Gasteiger partial charge in [-0.2, -0.15) is 0 Å². The van der Waals surface area contributed by atoms with Crippen LogP contribution in [0.15, 0.2) is 48.5 Å². The number of hydrogen-bond acceptors (Lipinski definition) is 1. The molecule has 0 aliphatic carbocycles. The first kappa shape index (κ1) is 17.6. The second-order valence-corrected chi connectivity index (χ2v) is 6.53. The molecule has 1 N–H and O–H groups in total. The number of aryl methyl sites for hydroxylation is 1. The SMILES string of the molecule is CCCCCCCCCc1ccc(Cc2cccc(O)c2)cc1. The molecule has 0 saturated heterocycles. The molecule has 2 aromatic carbocycles. The maximum atomic E-state index is 9.52. The molecule has 0 aromatic heterocycles. The van der Waals surface area contributed by atoms with Crippen LogP contribution < -0.4 is 0 Å². The van der Waals surface area contributed by atoms with Crippen LogP contribution in [0.1, 0.15) is 68.6 Å². The molecule has 0 unspecified atom stereocenters. The van der Waals surface area contributed by atoms with Crippen LogP contribution in [0, 0.1) is 0 Å². The molecule has 0 radical (unpaired) electrons. The summed E-state index contributed by atoms with van der Waals surface area (Å²) in [7, 11) is 0. The maximum absolute atomic E-state index is 9.52. The van der Waals surface area contributed by atoms with Crippen molar-refractivity contribution in [2.24, 2.45) is 0 Å². The molecular formula is C22H30O. The molecule has 0 aliphatic rings. The third-order valence-electron chi connectivity index (χ3n) is 4.41. The van der Waals surface area contributed by atoms with E-state index in [1.54, 1.807) is 6.07 Å². The molecule has 1 nitrogen and oxygen atoms in total. The van der Waals surface area contributed by atoms with Crippen LogP contribution in [-0.4, -0.2) is 5.11 Å². The molecule has 0 heterocycles. The highest BCUT2D eigenvalue weighted by molar-refractivity contribution is 5.32. The fourth-order valence-corrected chi connectivity index (χ4v) is 3.01. The van der Waals surface area contributed by atoms with Gasteiger partial charge in [-0.1, -0.05) is 81.8 Å². The fourth-order valence-electron chi connectivity index (χ4n) is 3.01. The van der Waals surface area contributed by atoms with E-state index in [1.165, 1.54) is 62.5 Å². The van der Waals surface area contributed by atoms with Gasteiger partial charge in [0, 0.05) is 0 Å². The number of benzene rings is 2. The van der Waals surface area contributed by atoms with Crippen LogP contribution in [-0.2, 0) is 12.8 Å². The summed E-state index contributed by atoms with van der Waals surface area (Å²) in [5.74, 6) is 0.345. The molecular weight excluding hydrogens is 280 g/mol. The second kappa shape index (κ2) is 10.1. The monoisotopic (exact) mass is 310 g/mol. The van der Waals surface area contributed by atoms with Gasteiger partial charge in [-0.05, 0) is 48.1 Å². The topological polar surface area (TPSA) is 20.2 Å². The van der Waals surface area contributed by atoms with Gasteiger partial charge >= 0.3 is 0 Å². The Balaban J connectivity index is 1.70.